The molecule has 0 saturated heterocycles. The van der Waals surface area contributed by atoms with Gasteiger partial charge in [0.05, 0.1) is 18.4 Å². The van der Waals surface area contributed by atoms with E-state index in [4.69, 9.17) is 9.47 Å². The molecule has 0 radical (unpaired) electrons. The highest BCUT2D eigenvalue weighted by molar-refractivity contribution is 7.98. The molecule has 156 valence electrons. The van der Waals surface area contributed by atoms with E-state index in [-0.39, 0.29) is 24.5 Å². The van der Waals surface area contributed by atoms with Gasteiger partial charge in [0.1, 0.15) is 18.1 Å². The number of carbonyl (C=O) groups is 2. The molecule has 0 saturated carbocycles. The van der Waals surface area contributed by atoms with Crippen LogP contribution in [-0.2, 0) is 27.6 Å². The van der Waals surface area contributed by atoms with E-state index in [0.29, 0.717) is 30.3 Å². The Morgan fingerprint density at radius 1 is 1.24 bits per heavy atom. The SMILES string of the molecule is COCCNC(=O)Cn1nc2c(c1NC(=O)c1ccc(OC(C)C)cc1)CSC2. The minimum absolute atomic E-state index is 0.0398. The summed E-state index contributed by atoms with van der Waals surface area (Å²) in [5.74, 6) is 2.41. The second kappa shape index (κ2) is 9.80. The van der Waals surface area contributed by atoms with Gasteiger partial charge in [0.25, 0.3) is 5.91 Å². The number of aromatic nitrogens is 2. The van der Waals surface area contributed by atoms with Crippen molar-refractivity contribution < 1.29 is 19.1 Å². The van der Waals surface area contributed by atoms with E-state index in [0.717, 1.165) is 22.8 Å². The Morgan fingerprint density at radius 2 is 2.00 bits per heavy atom. The Kier molecular flexibility index (Phi) is 7.16. The molecule has 2 N–H and O–H groups in total. The smallest absolute Gasteiger partial charge is 0.256 e. The summed E-state index contributed by atoms with van der Waals surface area (Å²) in [5.41, 5.74) is 2.40. The molecular formula is C20H26N4O4S. The van der Waals surface area contributed by atoms with Crippen molar-refractivity contribution in [2.45, 2.75) is 38.0 Å². The molecule has 2 aromatic rings. The third kappa shape index (κ3) is 5.51. The zero-order chi connectivity index (χ0) is 20.8. The molecule has 8 nitrogen and oxygen atoms in total. The largest absolute Gasteiger partial charge is 0.491 e. The van der Waals surface area contributed by atoms with Crippen molar-refractivity contribution in [3.8, 4) is 5.75 Å². The van der Waals surface area contributed by atoms with Crippen LogP contribution in [0.3, 0.4) is 0 Å². The Morgan fingerprint density at radius 3 is 2.69 bits per heavy atom. The fraction of sp³-hybridized carbons (Fsp3) is 0.450. The molecule has 0 bridgehead atoms. The number of ether oxygens (including phenoxy) is 2. The fourth-order valence-electron chi connectivity index (χ4n) is 2.94. The number of methoxy groups -OCH3 is 1. The molecule has 0 unspecified atom stereocenters. The Hall–Kier alpha value is -2.52. The molecule has 29 heavy (non-hydrogen) atoms. The lowest BCUT2D eigenvalue weighted by Crippen LogP contribution is -2.31. The molecule has 3 rings (SSSR count). The monoisotopic (exact) mass is 418 g/mol. The van der Waals surface area contributed by atoms with E-state index in [2.05, 4.69) is 15.7 Å². The van der Waals surface area contributed by atoms with Gasteiger partial charge >= 0.3 is 0 Å². The van der Waals surface area contributed by atoms with Gasteiger partial charge in [-0.3, -0.25) is 9.59 Å². The number of hydrogen-bond acceptors (Lipinski definition) is 6. The summed E-state index contributed by atoms with van der Waals surface area (Å²) in [7, 11) is 1.58. The van der Waals surface area contributed by atoms with E-state index in [9.17, 15) is 9.59 Å². The van der Waals surface area contributed by atoms with Crippen LogP contribution in [0.4, 0.5) is 5.82 Å². The van der Waals surface area contributed by atoms with Gasteiger partial charge in [0.2, 0.25) is 5.91 Å². The lowest BCUT2D eigenvalue weighted by molar-refractivity contribution is -0.122. The van der Waals surface area contributed by atoms with Crippen LogP contribution in [0.1, 0.15) is 35.5 Å². The number of nitrogens with one attached hydrogen (secondary N) is 2. The van der Waals surface area contributed by atoms with E-state index in [1.807, 2.05) is 13.8 Å². The number of anilines is 1. The molecular weight excluding hydrogens is 392 g/mol. The van der Waals surface area contributed by atoms with Crippen molar-refractivity contribution in [1.29, 1.82) is 0 Å². The van der Waals surface area contributed by atoms with Gasteiger partial charge in [0.15, 0.2) is 0 Å². The quantitative estimate of drug-likeness (QED) is 0.608. The predicted octanol–water partition coefficient (Wildman–Crippen LogP) is 2.43. The number of fused-ring (bicyclic) bond motifs is 1. The summed E-state index contributed by atoms with van der Waals surface area (Å²) in [4.78, 5) is 25.0. The van der Waals surface area contributed by atoms with Crippen LogP contribution in [0.5, 0.6) is 5.75 Å². The second-order valence-corrected chi connectivity index (χ2v) is 7.90. The molecule has 1 aromatic carbocycles. The topological polar surface area (TPSA) is 94.5 Å². The lowest BCUT2D eigenvalue weighted by atomic mass is 10.2. The molecule has 0 atom stereocenters. The van der Waals surface area contributed by atoms with Gasteiger partial charge in [-0.2, -0.15) is 16.9 Å². The normalized spacial score (nSPS) is 12.7. The maximum Gasteiger partial charge on any atom is 0.256 e. The minimum atomic E-state index is -0.248. The standard InChI is InChI=1S/C20H26N4O4S/c1-13(2)28-15-6-4-14(5-7-15)20(26)22-19-16-11-29-12-17(16)23-24(19)10-18(25)21-8-9-27-3/h4-7,13H,8-12H2,1-3H3,(H,21,25)(H,22,26). The van der Waals surface area contributed by atoms with Crippen LogP contribution >= 0.6 is 11.8 Å². The average Bonchev–Trinajstić information content (AvgIpc) is 3.25. The molecule has 1 aromatic heterocycles. The van der Waals surface area contributed by atoms with Crippen LogP contribution in [0.2, 0.25) is 0 Å². The molecule has 0 fully saturated rings. The zero-order valence-electron chi connectivity index (χ0n) is 16.9. The zero-order valence-corrected chi connectivity index (χ0v) is 17.7. The van der Waals surface area contributed by atoms with Crippen LogP contribution in [-0.4, -0.2) is 48.0 Å². The number of benzene rings is 1. The van der Waals surface area contributed by atoms with Gasteiger partial charge in [-0.15, -0.1) is 0 Å². The Balaban J connectivity index is 1.72. The van der Waals surface area contributed by atoms with Crippen molar-refractivity contribution in [3.05, 3.63) is 41.1 Å². The maximum atomic E-state index is 12.8. The van der Waals surface area contributed by atoms with E-state index >= 15 is 0 Å². The third-order valence-electron chi connectivity index (χ3n) is 4.26. The first-order chi connectivity index (χ1) is 14.0. The van der Waals surface area contributed by atoms with Crippen LogP contribution in [0.25, 0.3) is 0 Å². The number of carbonyl (C=O) groups excluding carboxylic acids is 2. The first-order valence-electron chi connectivity index (χ1n) is 9.48. The molecule has 1 aliphatic heterocycles. The van der Waals surface area contributed by atoms with Gasteiger partial charge in [-0.25, -0.2) is 4.68 Å². The van der Waals surface area contributed by atoms with Crippen molar-refractivity contribution in [1.82, 2.24) is 15.1 Å². The Labute approximate surface area is 174 Å². The number of hydrogen-bond donors (Lipinski definition) is 2. The lowest BCUT2D eigenvalue weighted by Gasteiger charge is -2.12. The number of thioether (sulfide) groups is 1. The summed E-state index contributed by atoms with van der Waals surface area (Å²) in [6, 6.07) is 6.99. The van der Waals surface area contributed by atoms with Crippen molar-refractivity contribution in [2.75, 3.05) is 25.6 Å². The highest BCUT2D eigenvalue weighted by atomic mass is 32.2. The number of amides is 2. The van der Waals surface area contributed by atoms with E-state index < -0.39 is 0 Å². The average molecular weight is 419 g/mol. The van der Waals surface area contributed by atoms with Gasteiger partial charge in [-0.05, 0) is 38.1 Å². The summed E-state index contributed by atoms with van der Waals surface area (Å²) in [6.45, 7) is 4.81. The van der Waals surface area contributed by atoms with Crippen molar-refractivity contribution in [2.24, 2.45) is 0 Å². The number of nitrogens with zero attached hydrogens (tertiary/aromatic N) is 2. The van der Waals surface area contributed by atoms with Gasteiger partial charge in [0, 0.05) is 36.3 Å². The molecule has 0 aliphatic carbocycles. The summed E-state index contributed by atoms with van der Waals surface area (Å²) < 4.78 is 12.1. The third-order valence-corrected chi connectivity index (χ3v) is 5.23. The van der Waals surface area contributed by atoms with Crippen LogP contribution < -0.4 is 15.4 Å². The highest BCUT2D eigenvalue weighted by Gasteiger charge is 2.25. The maximum absolute atomic E-state index is 12.8. The predicted molar refractivity (Wildman–Crippen MR) is 112 cm³/mol. The summed E-state index contributed by atoms with van der Waals surface area (Å²) in [5, 5.41) is 10.2. The molecule has 0 spiro atoms. The summed E-state index contributed by atoms with van der Waals surface area (Å²) in [6.07, 6.45) is 0.0687. The van der Waals surface area contributed by atoms with Crippen molar-refractivity contribution in [3.63, 3.8) is 0 Å². The first-order valence-corrected chi connectivity index (χ1v) is 10.6. The fourth-order valence-corrected chi connectivity index (χ4v) is 3.98. The molecule has 2 heterocycles. The van der Waals surface area contributed by atoms with Gasteiger partial charge in [-0.1, -0.05) is 0 Å². The highest BCUT2D eigenvalue weighted by Crippen LogP contribution is 2.34. The Bertz CT molecular complexity index is 864. The number of rotatable bonds is 9. The minimum Gasteiger partial charge on any atom is -0.491 e. The van der Waals surface area contributed by atoms with Crippen LogP contribution in [0.15, 0.2) is 24.3 Å². The first kappa shape index (κ1) is 21.2. The van der Waals surface area contributed by atoms with E-state index in [1.165, 1.54) is 0 Å². The van der Waals surface area contributed by atoms with Gasteiger partial charge < -0.3 is 20.1 Å². The molecule has 2 amide bonds. The van der Waals surface area contributed by atoms with Crippen LogP contribution in [0, 0.1) is 0 Å². The molecule has 1 aliphatic rings. The summed E-state index contributed by atoms with van der Waals surface area (Å²) >= 11 is 1.74. The van der Waals surface area contributed by atoms with E-state index in [1.54, 1.807) is 47.8 Å². The second-order valence-electron chi connectivity index (χ2n) is 6.91. The molecule has 9 heteroatoms. The van der Waals surface area contributed by atoms with Crippen molar-refractivity contribution >= 4 is 29.4 Å².